The number of esters is 1. The first kappa shape index (κ1) is 16.5. The average Bonchev–Trinajstić information content (AvgIpc) is 2.96. The summed E-state index contributed by atoms with van der Waals surface area (Å²) >= 11 is 2.50. The molecule has 0 aliphatic rings. The van der Waals surface area contributed by atoms with E-state index in [2.05, 4.69) is 15.0 Å². The Bertz CT molecular complexity index is 621. The second kappa shape index (κ2) is 7.31. The summed E-state index contributed by atoms with van der Waals surface area (Å²) in [4.78, 5) is 23.7. The maximum absolute atomic E-state index is 11.5. The van der Waals surface area contributed by atoms with E-state index in [0.29, 0.717) is 28.1 Å². The molecule has 0 atom stereocenters. The lowest BCUT2D eigenvalue weighted by Crippen LogP contribution is -2.21. The van der Waals surface area contributed by atoms with E-state index in [1.165, 1.54) is 22.7 Å². The molecule has 10 heteroatoms. The van der Waals surface area contributed by atoms with Gasteiger partial charge in [0.2, 0.25) is 10.1 Å². The van der Waals surface area contributed by atoms with E-state index in [0.717, 1.165) is 0 Å². The summed E-state index contributed by atoms with van der Waals surface area (Å²) in [6, 6.07) is 0. The van der Waals surface area contributed by atoms with Crippen LogP contribution in [0.25, 0.3) is 11.4 Å². The van der Waals surface area contributed by atoms with Gasteiger partial charge in [0.05, 0.1) is 6.61 Å². The zero-order valence-electron chi connectivity index (χ0n) is 10.4. The lowest BCUT2D eigenvalue weighted by atomic mass is 10.4. The number of guanidine groups is 1. The summed E-state index contributed by atoms with van der Waals surface area (Å²) in [5.74, 6) is -0.482. The van der Waals surface area contributed by atoms with Gasteiger partial charge in [-0.25, -0.2) is 14.8 Å². The SMILES string of the molecule is Br.CCOC(=O)c1nc(-c2csc(N=C(N)N)n2)cs1. The summed E-state index contributed by atoms with van der Waals surface area (Å²) in [7, 11) is 0. The van der Waals surface area contributed by atoms with E-state index in [1.54, 1.807) is 17.7 Å². The van der Waals surface area contributed by atoms with E-state index in [9.17, 15) is 4.79 Å². The standard InChI is InChI=1S/C10H11N5O2S2.BrH/c1-2-17-8(16)7-13-5(3-18-7)6-4-19-10(14-6)15-9(11)12;/h3-4H,2H2,1H3,(H4,11,12,14,15);1H. The van der Waals surface area contributed by atoms with Gasteiger partial charge < -0.3 is 16.2 Å². The van der Waals surface area contributed by atoms with E-state index < -0.39 is 5.97 Å². The zero-order chi connectivity index (χ0) is 13.8. The summed E-state index contributed by atoms with van der Waals surface area (Å²) in [6.45, 7) is 2.06. The number of carbonyl (C=O) groups is 1. The van der Waals surface area contributed by atoms with Crippen LogP contribution in [-0.4, -0.2) is 28.5 Å². The van der Waals surface area contributed by atoms with Crippen LogP contribution in [0.3, 0.4) is 0 Å². The molecule has 0 bridgehead atoms. The van der Waals surface area contributed by atoms with Crippen LogP contribution in [0.1, 0.15) is 16.7 Å². The molecule has 108 valence electrons. The molecule has 0 amide bonds. The minimum absolute atomic E-state index is 0. The van der Waals surface area contributed by atoms with Gasteiger partial charge >= 0.3 is 5.97 Å². The molecule has 2 aromatic rings. The number of rotatable bonds is 4. The van der Waals surface area contributed by atoms with Crippen LogP contribution in [-0.2, 0) is 4.74 Å². The fraction of sp³-hybridized carbons (Fsp3) is 0.200. The first-order valence-electron chi connectivity index (χ1n) is 5.28. The van der Waals surface area contributed by atoms with Crippen LogP contribution >= 0.6 is 39.7 Å². The molecular formula is C10H12BrN5O2S2. The minimum Gasteiger partial charge on any atom is -0.461 e. The number of aromatic nitrogens is 2. The van der Waals surface area contributed by atoms with Crippen LogP contribution in [0, 0.1) is 0 Å². The smallest absolute Gasteiger partial charge is 0.367 e. The molecule has 0 radical (unpaired) electrons. The molecule has 2 heterocycles. The average molecular weight is 378 g/mol. The van der Waals surface area contributed by atoms with Crippen molar-refractivity contribution in [3.05, 3.63) is 15.8 Å². The van der Waals surface area contributed by atoms with Gasteiger partial charge in [-0.2, -0.15) is 4.99 Å². The van der Waals surface area contributed by atoms with E-state index in [4.69, 9.17) is 16.2 Å². The first-order valence-corrected chi connectivity index (χ1v) is 7.04. The van der Waals surface area contributed by atoms with Crippen molar-refractivity contribution < 1.29 is 9.53 Å². The highest BCUT2D eigenvalue weighted by Gasteiger charge is 2.14. The van der Waals surface area contributed by atoms with Crippen molar-refractivity contribution in [3.8, 4) is 11.4 Å². The normalized spacial score (nSPS) is 9.65. The van der Waals surface area contributed by atoms with Crippen LogP contribution < -0.4 is 11.5 Å². The van der Waals surface area contributed by atoms with Gasteiger partial charge in [0.15, 0.2) is 5.96 Å². The Morgan fingerprint density at radius 1 is 1.30 bits per heavy atom. The van der Waals surface area contributed by atoms with Gasteiger partial charge in [-0.1, -0.05) is 0 Å². The number of nitrogens with zero attached hydrogens (tertiary/aromatic N) is 3. The van der Waals surface area contributed by atoms with Crippen LogP contribution in [0.15, 0.2) is 15.8 Å². The molecule has 4 N–H and O–H groups in total. The van der Waals surface area contributed by atoms with E-state index in [-0.39, 0.29) is 22.9 Å². The Balaban J connectivity index is 0.00000200. The number of hydrogen-bond acceptors (Lipinski definition) is 7. The molecule has 0 aliphatic carbocycles. The lowest BCUT2D eigenvalue weighted by Gasteiger charge is -1.95. The molecule has 2 aromatic heterocycles. The molecule has 7 nitrogen and oxygen atoms in total. The second-order valence-electron chi connectivity index (χ2n) is 3.31. The molecule has 20 heavy (non-hydrogen) atoms. The Hall–Kier alpha value is -1.52. The molecule has 0 unspecified atom stereocenters. The molecule has 0 spiro atoms. The number of hydrogen-bond donors (Lipinski definition) is 2. The van der Waals surface area contributed by atoms with Crippen molar-refractivity contribution in [1.29, 1.82) is 0 Å². The van der Waals surface area contributed by atoms with Gasteiger partial charge in [-0.05, 0) is 6.92 Å². The highest BCUT2D eigenvalue weighted by Crippen LogP contribution is 2.27. The number of nitrogens with two attached hydrogens (primary N) is 2. The van der Waals surface area contributed by atoms with E-state index >= 15 is 0 Å². The second-order valence-corrected chi connectivity index (χ2v) is 5.01. The maximum atomic E-state index is 11.5. The molecule has 0 saturated heterocycles. The van der Waals surface area contributed by atoms with Crippen molar-refractivity contribution in [2.24, 2.45) is 16.5 Å². The molecule has 0 aromatic carbocycles. The van der Waals surface area contributed by atoms with Crippen LogP contribution in [0.2, 0.25) is 0 Å². The minimum atomic E-state index is -0.432. The van der Waals surface area contributed by atoms with Crippen molar-refractivity contribution in [3.63, 3.8) is 0 Å². The quantitative estimate of drug-likeness (QED) is 0.477. The predicted octanol–water partition coefficient (Wildman–Crippen LogP) is 1.93. The first-order chi connectivity index (χ1) is 9.10. The monoisotopic (exact) mass is 377 g/mol. The Labute approximate surface area is 133 Å². The lowest BCUT2D eigenvalue weighted by molar-refractivity contribution is 0.0526. The van der Waals surface area contributed by atoms with Crippen molar-refractivity contribution in [2.75, 3.05) is 6.61 Å². The van der Waals surface area contributed by atoms with Crippen LogP contribution in [0.4, 0.5) is 5.13 Å². The largest absolute Gasteiger partial charge is 0.461 e. The highest BCUT2D eigenvalue weighted by atomic mass is 79.9. The van der Waals surface area contributed by atoms with Gasteiger partial charge in [0, 0.05) is 10.8 Å². The summed E-state index contributed by atoms with van der Waals surface area (Å²) in [5, 5.41) is 4.25. The molecule has 0 fully saturated rings. The van der Waals surface area contributed by atoms with E-state index in [1.807, 2.05) is 0 Å². The fourth-order valence-electron chi connectivity index (χ4n) is 1.22. The van der Waals surface area contributed by atoms with Gasteiger partial charge in [-0.3, -0.25) is 0 Å². The molecular weight excluding hydrogens is 366 g/mol. The summed E-state index contributed by atoms with van der Waals surface area (Å²) < 4.78 is 4.87. The summed E-state index contributed by atoms with van der Waals surface area (Å²) in [6.07, 6.45) is 0. The van der Waals surface area contributed by atoms with Gasteiger partial charge in [0.1, 0.15) is 11.4 Å². The zero-order valence-corrected chi connectivity index (χ0v) is 13.7. The Morgan fingerprint density at radius 3 is 2.60 bits per heavy atom. The third-order valence-corrected chi connectivity index (χ3v) is 3.49. The van der Waals surface area contributed by atoms with Gasteiger partial charge in [0.25, 0.3) is 0 Å². The molecule has 0 aliphatic heterocycles. The highest BCUT2D eigenvalue weighted by molar-refractivity contribution is 8.93. The van der Waals surface area contributed by atoms with Crippen molar-refractivity contribution >= 4 is 56.7 Å². The third-order valence-electron chi connectivity index (χ3n) is 1.93. The van der Waals surface area contributed by atoms with Gasteiger partial charge in [-0.15, -0.1) is 39.7 Å². The summed E-state index contributed by atoms with van der Waals surface area (Å²) in [5.41, 5.74) is 11.8. The number of aliphatic imine (C=N–C) groups is 1. The Kier molecular flexibility index (Phi) is 6.05. The van der Waals surface area contributed by atoms with Crippen molar-refractivity contribution in [2.45, 2.75) is 6.92 Å². The Morgan fingerprint density at radius 2 is 1.95 bits per heavy atom. The molecule has 2 rings (SSSR count). The topological polar surface area (TPSA) is 116 Å². The maximum Gasteiger partial charge on any atom is 0.367 e. The number of thiazole rings is 2. The third kappa shape index (κ3) is 3.99. The number of ether oxygens (including phenoxy) is 1. The number of halogens is 1. The number of carbonyl (C=O) groups excluding carboxylic acids is 1. The van der Waals surface area contributed by atoms with Crippen LogP contribution in [0.5, 0.6) is 0 Å². The fourth-order valence-corrected chi connectivity index (χ4v) is 2.62. The predicted molar refractivity (Wildman–Crippen MR) is 85.0 cm³/mol. The molecule has 0 saturated carbocycles. The van der Waals surface area contributed by atoms with Crippen molar-refractivity contribution in [1.82, 2.24) is 9.97 Å².